The maximum Gasteiger partial charge on any atom is 0.410 e. The monoisotopic (exact) mass is 1380 g/mol. The van der Waals surface area contributed by atoms with Gasteiger partial charge in [-0.3, -0.25) is 53.0 Å². The van der Waals surface area contributed by atoms with Gasteiger partial charge < -0.3 is 56.3 Å². The van der Waals surface area contributed by atoms with E-state index < -0.39 is 135 Å². The van der Waals surface area contributed by atoms with Crippen LogP contribution in [0.15, 0.2) is 91.0 Å². The Morgan fingerprint density at radius 3 is 1.55 bits per heavy atom. The molecular formula is C74H98N10O14S. The maximum atomic E-state index is 15.5. The summed E-state index contributed by atoms with van der Waals surface area (Å²) in [5.41, 5.74) is 3.53. The molecule has 25 heteroatoms. The van der Waals surface area contributed by atoms with Gasteiger partial charge >= 0.3 is 18.2 Å². The van der Waals surface area contributed by atoms with E-state index in [9.17, 15) is 48.3 Å². The van der Waals surface area contributed by atoms with Gasteiger partial charge in [-0.1, -0.05) is 75.4 Å². The van der Waals surface area contributed by atoms with Gasteiger partial charge in [0, 0.05) is 61.2 Å². The number of aryl methyl sites for hydroxylation is 2. The van der Waals surface area contributed by atoms with E-state index in [4.69, 9.17) is 9.47 Å². The van der Waals surface area contributed by atoms with Gasteiger partial charge in [0.1, 0.15) is 47.5 Å². The lowest BCUT2D eigenvalue weighted by atomic mass is 9.85. The first kappa shape index (κ1) is 75.8. The van der Waals surface area contributed by atoms with Gasteiger partial charge in [-0.15, -0.1) is 11.8 Å². The molecule has 8 rings (SSSR count). The van der Waals surface area contributed by atoms with Crippen molar-refractivity contribution < 1.29 is 67.3 Å². The van der Waals surface area contributed by atoms with Crippen LogP contribution in [0.4, 0.5) is 15.3 Å². The summed E-state index contributed by atoms with van der Waals surface area (Å²) in [6, 6.07) is 18.3. The molecule has 7 N–H and O–H groups in total. The predicted molar refractivity (Wildman–Crippen MR) is 375 cm³/mol. The van der Waals surface area contributed by atoms with Crippen LogP contribution in [-0.2, 0) is 68.8 Å². The Morgan fingerprint density at radius 2 is 1.05 bits per heavy atom. The van der Waals surface area contributed by atoms with Gasteiger partial charge in [0.15, 0.2) is 0 Å². The molecule has 9 atom stereocenters. The number of carboxylic acid groups (broad SMARTS) is 1. The van der Waals surface area contributed by atoms with E-state index >= 15 is 9.59 Å². The summed E-state index contributed by atoms with van der Waals surface area (Å²) in [6.45, 7) is 21.5. The summed E-state index contributed by atoms with van der Waals surface area (Å²) >= 11 is 0.922. The fourth-order valence-electron chi connectivity index (χ4n) is 12.9. The molecule has 4 aromatic carbocycles. The van der Waals surface area contributed by atoms with Crippen molar-refractivity contribution in [3.05, 3.63) is 136 Å². The molecule has 10 amide bonds. The predicted octanol–water partition coefficient (Wildman–Crippen LogP) is 8.40. The maximum absolute atomic E-state index is 15.5. The number of nitrogens with one attached hydrogen (secondary N) is 6. The molecule has 1 fully saturated rings. The first-order valence-electron chi connectivity index (χ1n) is 33.9. The number of ether oxygens (including phenoxy) is 2. The molecule has 1 saturated heterocycles. The summed E-state index contributed by atoms with van der Waals surface area (Å²) in [4.78, 5) is 160. The first-order chi connectivity index (χ1) is 46.3. The third kappa shape index (κ3) is 19.1. The van der Waals surface area contributed by atoms with Gasteiger partial charge in [-0.2, -0.15) is 0 Å². The van der Waals surface area contributed by atoms with Crippen LogP contribution < -0.4 is 31.9 Å². The number of amides is 10. The fourth-order valence-corrected chi connectivity index (χ4v) is 13.7. The molecule has 0 saturated carbocycles. The summed E-state index contributed by atoms with van der Waals surface area (Å²) in [7, 11) is 2.82. The molecule has 2 aliphatic carbocycles. The number of likely N-dealkylation sites (N-methyl/N-ethyl adjacent to an activating group) is 2. The number of fused-ring (bicyclic) bond motifs is 3. The zero-order valence-corrected chi connectivity index (χ0v) is 60.4. The Hall–Kier alpha value is -9.00. The van der Waals surface area contributed by atoms with Crippen LogP contribution in [0, 0.1) is 5.41 Å². The van der Waals surface area contributed by atoms with Gasteiger partial charge in [-0.05, 0) is 189 Å². The second-order valence-corrected chi connectivity index (χ2v) is 31.6. The number of anilines is 1. The van der Waals surface area contributed by atoms with Crippen molar-refractivity contribution in [2.24, 2.45) is 5.41 Å². The van der Waals surface area contributed by atoms with E-state index in [0.717, 1.165) is 69.5 Å². The summed E-state index contributed by atoms with van der Waals surface area (Å²) in [6.07, 6.45) is 3.24. The second-order valence-electron chi connectivity index (χ2n) is 30.0. The summed E-state index contributed by atoms with van der Waals surface area (Å²) in [5, 5.41) is 27.9. The van der Waals surface area contributed by atoms with Gasteiger partial charge in [-0.25, -0.2) is 9.59 Å². The third-order valence-corrected chi connectivity index (χ3v) is 20.0. The lowest BCUT2D eigenvalue weighted by Crippen LogP contribution is -2.64. The number of nitrogens with zero attached hydrogens (tertiary/aromatic N) is 4. The van der Waals surface area contributed by atoms with Crippen LogP contribution in [0.25, 0.3) is 0 Å². The number of hydrogen-bond donors (Lipinski definition) is 7. The average molecular weight is 1380 g/mol. The van der Waals surface area contributed by atoms with Gasteiger partial charge in [0.2, 0.25) is 35.4 Å². The standard InChI is InChI=1S/C74H98N10O14S/c1-42(81(14)69(95)97-72(6,7)8)61(87)79-59(71(3,4)5)67(93)84-40-51(38-57(84)66(92)78-55-29-21-25-45-23-17-19-27-53(45)55)76-64(90)47-32-30-46(31-33-47)63(89)75-50-35-34-48-37-56(65(91)77-54-28-20-24-44-22-16-18-26-52(44)54)83(39-49(48)36-50)68(94)60(74(12,13)99-41-58(85)86)80-62(88)43(2)82(15)70(96)98-73(9,10)11/h16-19,22-23,26-27,30-36,42-43,51,54-57,59-60H,20-21,24-25,28-29,37-41H2,1-15H3,(H,75,89)(H,76,90)(H,77,91)(H,78,92)(H,79,87)(H,80,88)(H,85,86)/t42-,43-,51-,54+,55+,56?,57-,59+,60?/m0/s1. The topological polar surface area (TPSA) is 312 Å². The van der Waals surface area contributed by atoms with E-state index in [2.05, 4.69) is 31.9 Å². The van der Waals surface area contributed by atoms with Crippen molar-refractivity contribution in [1.29, 1.82) is 0 Å². The number of carboxylic acids is 1. The molecular weight excluding hydrogens is 1280 g/mol. The van der Waals surface area contributed by atoms with E-state index in [1.165, 1.54) is 62.0 Å². The molecule has 0 aromatic heterocycles. The number of aliphatic carboxylic acids is 1. The van der Waals surface area contributed by atoms with Gasteiger partial charge in [0.25, 0.3) is 11.8 Å². The normalized spacial score (nSPS) is 19.5. The molecule has 0 bridgehead atoms. The zero-order valence-electron chi connectivity index (χ0n) is 59.6. The number of benzene rings is 4. The van der Waals surface area contributed by atoms with Crippen molar-refractivity contribution in [1.82, 2.24) is 46.2 Å². The quantitative estimate of drug-likeness (QED) is 0.0437. The van der Waals surface area contributed by atoms with Crippen LogP contribution in [0.3, 0.4) is 0 Å². The number of likely N-dealkylation sites (tertiary alicyclic amines) is 1. The van der Waals surface area contributed by atoms with E-state index in [1.807, 2.05) is 48.5 Å². The van der Waals surface area contributed by atoms with Crippen molar-refractivity contribution >= 4 is 82.9 Å². The molecule has 2 unspecified atom stereocenters. The second kappa shape index (κ2) is 31.0. The molecule has 0 radical (unpaired) electrons. The number of hydrogen-bond acceptors (Lipinski definition) is 14. The van der Waals surface area contributed by atoms with Crippen molar-refractivity contribution in [3.63, 3.8) is 0 Å². The van der Waals surface area contributed by atoms with E-state index in [1.54, 1.807) is 94.4 Å². The molecule has 0 spiro atoms. The summed E-state index contributed by atoms with van der Waals surface area (Å²) < 4.78 is 9.71. The Kier molecular flexibility index (Phi) is 23.8. The smallest absolute Gasteiger partial charge is 0.410 e. The number of thioether (sulfide) groups is 1. The largest absolute Gasteiger partial charge is 0.481 e. The number of carbonyl (C=O) groups excluding carboxylic acids is 10. The van der Waals surface area contributed by atoms with Crippen molar-refractivity contribution in [3.8, 4) is 0 Å². The Balaban J connectivity index is 1.01. The highest BCUT2D eigenvalue weighted by molar-refractivity contribution is 8.01. The Morgan fingerprint density at radius 1 is 0.576 bits per heavy atom. The Bertz CT molecular complexity index is 3730. The minimum atomic E-state index is -1.45. The molecule has 24 nitrogen and oxygen atoms in total. The van der Waals surface area contributed by atoms with Crippen molar-refractivity contribution in [2.75, 3.05) is 31.7 Å². The van der Waals surface area contributed by atoms with E-state index in [-0.39, 0.29) is 49.1 Å². The minimum absolute atomic E-state index is 0.0322. The number of rotatable bonds is 20. The molecule has 99 heavy (non-hydrogen) atoms. The van der Waals surface area contributed by atoms with Crippen LogP contribution in [0.5, 0.6) is 0 Å². The molecule has 2 heterocycles. The molecule has 4 aliphatic rings. The van der Waals surface area contributed by atoms with Crippen LogP contribution in [-0.4, -0.2) is 175 Å². The SMILES string of the molecule is C[C@@H](C(=O)NC(C(=O)N1Cc2cc(NC(=O)c3ccc(C(=O)N[C@H]4C[C@@H](C(=O)N[C@@H]5CCCc6ccccc65)N(C(=O)[C@@H](NC(=O)[C@H](C)N(C)C(=O)OC(C)(C)C)C(C)(C)C)C4)cc3)ccc2CC1C(=O)N[C@@H]1CCCc2ccccc21)C(C)(C)SCC(=O)O)N(C)C(=O)OC(C)(C)C. The van der Waals surface area contributed by atoms with Gasteiger partial charge in [0.05, 0.1) is 17.8 Å². The summed E-state index contributed by atoms with van der Waals surface area (Å²) in [5.74, 6) is -6.16. The highest BCUT2D eigenvalue weighted by atomic mass is 32.2. The zero-order chi connectivity index (χ0) is 72.8. The highest BCUT2D eigenvalue weighted by Gasteiger charge is 2.49. The average Bonchev–Trinajstić information content (AvgIpc) is 1.49. The molecule has 4 aromatic rings. The van der Waals surface area contributed by atoms with Crippen LogP contribution in [0.2, 0.25) is 0 Å². The minimum Gasteiger partial charge on any atom is -0.481 e. The van der Waals surface area contributed by atoms with Crippen LogP contribution >= 0.6 is 11.8 Å². The fraction of sp³-hybridized carbons (Fsp3) is 0.527. The van der Waals surface area contributed by atoms with E-state index in [0.29, 0.717) is 29.7 Å². The third-order valence-electron chi connectivity index (χ3n) is 18.7. The van der Waals surface area contributed by atoms with Crippen LogP contribution in [0.1, 0.15) is 188 Å². The Labute approximate surface area is 584 Å². The number of carbonyl (C=O) groups is 11. The molecule has 534 valence electrons. The highest BCUT2D eigenvalue weighted by Crippen LogP contribution is 2.37. The van der Waals surface area contributed by atoms with Crippen molar-refractivity contribution in [2.45, 2.75) is 218 Å². The first-order valence-corrected chi connectivity index (χ1v) is 34.9. The molecule has 2 aliphatic heterocycles. The lowest BCUT2D eigenvalue weighted by molar-refractivity contribution is -0.145. The lowest BCUT2D eigenvalue weighted by Gasteiger charge is -2.42.